The van der Waals surface area contributed by atoms with E-state index < -0.39 is 0 Å². The van der Waals surface area contributed by atoms with Gasteiger partial charge >= 0.3 is 0 Å². The van der Waals surface area contributed by atoms with Crippen LogP contribution in [-0.4, -0.2) is 19.6 Å². The Morgan fingerprint density at radius 1 is 0.864 bits per heavy atom. The first-order chi connectivity index (χ1) is 10.8. The molecule has 0 spiro atoms. The van der Waals surface area contributed by atoms with Gasteiger partial charge in [-0.05, 0) is 48.5 Å². The van der Waals surface area contributed by atoms with Crippen molar-refractivity contribution in [2.75, 3.05) is 0 Å². The van der Waals surface area contributed by atoms with Gasteiger partial charge < -0.3 is 0 Å². The molecule has 0 aliphatic carbocycles. The number of fused-ring (bicyclic) bond motifs is 1. The molecule has 0 fully saturated rings. The molecule has 106 valence electrons. The van der Waals surface area contributed by atoms with Gasteiger partial charge in [-0.3, -0.25) is 4.98 Å². The summed E-state index contributed by atoms with van der Waals surface area (Å²) in [6.07, 6.45) is 5.27. The van der Waals surface area contributed by atoms with Gasteiger partial charge in [0, 0.05) is 23.5 Å². The number of nitrogens with zero attached hydrogens (tertiary/aromatic N) is 4. The fourth-order valence-electron chi connectivity index (χ4n) is 2.36. The van der Waals surface area contributed by atoms with Crippen molar-refractivity contribution < 1.29 is 4.39 Å². The quantitative estimate of drug-likeness (QED) is 0.566. The zero-order chi connectivity index (χ0) is 14.9. The van der Waals surface area contributed by atoms with E-state index in [9.17, 15) is 4.39 Å². The van der Waals surface area contributed by atoms with Gasteiger partial charge in [0.1, 0.15) is 5.82 Å². The Balaban J connectivity index is 1.88. The van der Waals surface area contributed by atoms with E-state index in [1.165, 1.54) is 12.1 Å². The van der Waals surface area contributed by atoms with Crippen LogP contribution in [-0.2, 0) is 0 Å². The van der Waals surface area contributed by atoms with Crippen molar-refractivity contribution >= 4 is 5.65 Å². The molecule has 4 rings (SSSR count). The van der Waals surface area contributed by atoms with Crippen LogP contribution in [0.4, 0.5) is 4.39 Å². The van der Waals surface area contributed by atoms with Crippen LogP contribution in [0.5, 0.6) is 0 Å². The second-order valence-electron chi connectivity index (χ2n) is 4.88. The first kappa shape index (κ1) is 12.6. The lowest BCUT2D eigenvalue weighted by molar-refractivity contribution is 0.628. The summed E-state index contributed by atoms with van der Waals surface area (Å²) in [6, 6.07) is 13.9. The Bertz CT molecular complexity index is 930. The third-order valence-corrected chi connectivity index (χ3v) is 3.46. The first-order valence-corrected chi connectivity index (χ1v) is 6.82. The van der Waals surface area contributed by atoms with Crippen LogP contribution in [0.2, 0.25) is 0 Å². The van der Waals surface area contributed by atoms with E-state index >= 15 is 0 Å². The molecule has 3 aromatic heterocycles. The first-order valence-electron chi connectivity index (χ1n) is 6.82. The highest BCUT2D eigenvalue weighted by molar-refractivity contribution is 5.65. The summed E-state index contributed by atoms with van der Waals surface area (Å²) in [7, 11) is 0. The van der Waals surface area contributed by atoms with Gasteiger partial charge in [0.2, 0.25) is 0 Å². The number of aromatic nitrogens is 4. The second kappa shape index (κ2) is 5.04. The van der Waals surface area contributed by atoms with Crippen molar-refractivity contribution in [1.29, 1.82) is 0 Å². The fraction of sp³-hybridized carbons (Fsp3) is 0. The summed E-state index contributed by atoms with van der Waals surface area (Å²) in [6.45, 7) is 0. The van der Waals surface area contributed by atoms with E-state index in [1.54, 1.807) is 35.2 Å². The molecule has 0 aliphatic rings. The molecule has 0 unspecified atom stereocenters. The maximum atomic E-state index is 13.0. The van der Waals surface area contributed by atoms with E-state index in [0.717, 1.165) is 28.2 Å². The SMILES string of the molecule is Fc1ccc(-c2ccc3ncc(-c4cccnc4)n3n2)cc1. The Morgan fingerprint density at radius 2 is 1.73 bits per heavy atom. The smallest absolute Gasteiger partial charge is 0.154 e. The molecule has 4 aromatic rings. The third-order valence-electron chi connectivity index (χ3n) is 3.46. The van der Waals surface area contributed by atoms with Gasteiger partial charge in [0.05, 0.1) is 17.6 Å². The van der Waals surface area contributed by atoms with Crippen LogP contribution in [0.1, 0.15) is 0 Å². The average Bonchev–Trinajstić information content (AvgIpc) is 2.99. The molecule has 0 atom stereocenters. The van der Waals surface area contributed by atoms with Gasteiger partial charge in [-0.1, -0.05) is 0 Å². The third kappa shape index (κ3) is 2.13. The maximum absolute atomic E-state index is 13.0. The van der Waals surface area contributed by atoms with Crippen molar-refractivity contribution in [3.8, 4) is 22.5 Å². The number of hydrogen-bond donors (Lipinski definition) is 0. The van der Waals surface area contributed by atoms with Crippen molar-refractivity contribution in [2.45, 2.75) is 0 Å². The highest BCUT2D eigenvalue weighted by Gasteiger charge is 2.09. The second-order valence-corrected chi connectivity index (χ2v) is 4.88. The van der Waals surface area contributed by atoms with Gasteiger partial charge in [0.25, 0.3) is 0 Å². The summed E-state index contributed by atoms with van der Waals surface area (Å²) in [5.41, 5.74) is 4.18. The molecule has 22 heavy (non-hydrogen) atoms. The molecular formula is C17H11FN4. The minimum atomic E-state index is -0.261. The van der Waals surface area contributed by atoms with E-state index in [-0.39, 0.29) is 5.82 Å². The number of pyridine rings is 1. The standard InChI is InChI=1S/C17H11FN4/c18-14-5-3-12(4-6-14)15-7-8-17-20-11-16(22(17)21-15)13-2-1-9-19-10-13/h1-11H. The summed E-state index contributed by atoms with van der Waals surface area (Å²) in [5, 5.41) is 4.62. The molecule has 0 radical (unpaired) electrons. The van der Waals surface area contributed by atoms with Gasteiger partial charge in [0.15, 0.2) is 5.65 Å². The topological polar surface area (TPSA) is 43.1 Å². The molecule has 0 aliphatic heterocycles. The number of hydrogen-bond acceptors (Lipinski definition) is 3. The number of rotatable bonds is 2. The molecule has 1 aromatic carbocycles. The molecule has 4 nitrogen and oxygen atoms in total. The van der Waals surface area contributed by atoms with Crippen molar-refractivity contribution in [1.82, 2.24) is 19.6 Å². The summed E-state index contributed by atoms with van der Waals surface area (Å²) >= 11 is 0. The lowest BCUT2D eigenvalue weighted by Crippen LogP contribution is -1.96. The van der Waals surface area contributed by atoms with E-state index in [1.807, 2.05) is 24.3 Å². The Hall–Kier alpha value is -3.08. The molecule has 0 saturated heterocycles. The predicted octanol–water partition coefficient (Wildman–Crippen LogP) is 3.60. The minimum absolute atomic E-state index is 0.261. The van der Waals surface area contributed by atoms with Crippen LogP contribution in [0.15, 0.2) is 67.1 Å². The highest BCUT2D eigenvalue weighted by atomic mass is 19.1. The summed E-state index contributed by atoms with van der Waals surface area (Å²) < 4.78 is 14.8. The van der Waals surface area contributed by atoms with Crippen molar-refractivity contribution in [3.63, 3.8) is 0 Å². The molecule has 0 saturated carbocycles. The zero-order valence-electron chi connectivity index (χ0n) is 11.5. The number of halogens is 1. The monoisotopic (exact) mass is 290 g/mol. The minimum Gasteiger partial charge on any atom is -0.264 e. The van der Waals surface area contributed by atoms with Crippen LogP contribution in [0.3, 0.4) is 0 Å². The molecule has 5 heteroatoms. The largest absolute Gasteiger partial charge is 0.264 e. The molecular weight excluding hydrogens is 279 g/mol. The predicted molar refractivity (Wildman–Crippen MR) is 81.6 cm³/mol. The van der Waals surface area contributed by atoms with Crippen LogP contribution < -0.4 is 0 Å². The summed E-state index contributed by atoms with van der Waals surface area (Å²) in [4.78, 5) is 8.48. The Kier molecular flexibility index (Phi) is 2.89. The fourth-order valence-corrected chi connectivity index (χ4v) is 2.36. The van der Waals surface area contributed by atoms with Crippen LogP contribution in [0, 0.1) is 5.82 Å². The van der Waals surface area contributed by atoms with E-state index in [4.69, 9.17) is 0 Å². The van der Waals surface area contributed by atoms with Crippen molar-refractivity contribution in [2.24, 2.45) is 0 Å². The van der Waals surface area contributed by atoms with E-state index in [2.05, 4.69) is 15.1 Å². The molecule has 3 heterocycles. The zero-order valence-corrected chi connectivity index (χ0v) is 11.5. The Labute approximate surface area is 125 Å². The summed E-state index contributed by atoms with van der Waals surface area (Å²) in [5.74, 6) is -0.261. The maximum Gasteiger partial charge on any atom is 0.154 e. The molecule has 0 bridgehead atoms. The van der Waals surface area contributed by atoms with Gasteiger partial charge in [-0.15, -0.1) is 0 Å². The Morgan fingerprint density at radius 3 is 2.50 bits per heavy atom. The lowest BCUT2D eigenvalue weighted by atomic mass is 10.1. The number of benzene rings is 1. The normalized spacial score (nSPS) is 11.0. The average molecular weight is 290 g/mol. The lowest BCUT2D eigenvalue weighted by Gasteiger charge is -2.04. The van der Waals surface area contributed by atoms with Crippen LogP contribution in [0.25, 0.3) is 28.2 Å². The number of imidazole rings is 1. The van der Waals surface area contributed by atoms with Gasteiger partial charge in [-0.25, -0.2) is 13.9 Å². The van der Waals surface area contributed by atoms with E-state index in [0.29, 0.717) is 0 Å². The highest BCUT2D eigenvalue weighted by Crippen LogP contribution is 2.22. The van der Waals surface area contributed by atoms with Crippen molar-refractivity contribution in [3.05, 3.63) is 72.9 Å². The molecule has 0 amide bonds. The molecule has 0 N–H and O–H groups in total. The van der Waals surface area contributed by atoms with Gasteiger partial charge in [-0.2, -0.15) is 5.10 Å². The van der Waals surface area contributed by atoms with Crippen LogP contribution >= 0.6 is 0 Å².